The summed E-state index contributed by atoms with van der Waals surface area (Å²) in [7, 11) is 0. The molecule has 1 amide bonds. The van der Waals surface area contributed by atoms with Gasteiger partial charge >= 0.3 is 0 Å². The van der Waals surface area contributed by atoms with Crippen molar-refractivity contribution in [3.8, 4) is 0 Å². The molecule has 1 aromatic carbocycles. The van der Waals surface area contributed by atoms with Crippen molar-refractivity contribution in [2.45, 2.75) is 31.6 Å². The average Bonchev–Trinajstić information content (AvgIpc) is 2.88. The number of rotatable bonds is 4. The van der Waals surface area contributed by atoms with E-state index < -0.39 is 0 Å². The fraction of sp³-hybridized carbons (Fsp3) is 0.353. The van der Waals surface area contributed by atoms with Gasteiger partial charge in [-0.05, 0) is 36.1 Å². The molecule has 3 rings (SSSR count). The first kappa shape index (κ1) is 17.1. The minimum absolute atomic E-state index is 0.0854. The number of hydrogen-bond donors (Lipinski definition) is 1. The summed E-state index contributed by atoms with van der Waals surface area (Å²) in [4.78, 5) is 30.1. The van der Waals surface area contributed by atoms with Crippen LogP contribution in [0.15, 0.2) is 29.2 Å². The molecule has 1 aliphatic carbocycles. The molecule has 24 heavy (non-hydrogen) atoms. The fourth-order valence-corrected chi connectivity index (χ4v) is 4.24. The molecule has 0 aliphatic heterocycles. The van der Waals surface area contributed by atoms with Gasteiger partial charge in [-0.15, -0.1) is 11.8 Å². The number of ketones is 1. The standard InChI is InChI=1S/C17H17FN2O2S2/c1-17(2)7-12-15(13(21)8-17)24-16(19-12)20-14(22)9-23-11-5-3-10(18)4-6-11/h3-6H,7-9H2,1-2H3,(H,19,20,22). The third kappa shape index (κ3) is 4.02. The van der Waals surface area contributed by atoms with Crippen LogP contribution in [-0.4, -0.2) is 22.4 Å². The lowest BCUT2D eigenvalue weighted by molar-refractivity contribution is -0.113. The van der Waals surface area contributed by atoms with Gasteiger partial charge in [-0.25, -0.2) is 9.37 Å². The van der Waals surface area contributed by atoms with Crippen LogP contribution in [0.2, 0.25) is 0 Å². The number of anilines is 1. The number of fused-ring (bicyclic) bond motifs is 1. The van der Waals surface area contributed by atoms with Gasteiger partial charge in [0.25, 0.3) is 0 Å². The predicted molar refractivity (Wildman–Crippen MR) is 94.3 cm³/mol. The highest BCUT2D eigenvalue weighted by Crippen LogP contribution is 2.38. The van der Waals surface area contributed by atoms with Gasteiger partial charge in [0.05, 0.1) is 16.3 Å². The zero-order valence-electron chi connectivity index (χ0n) is 13.4. The van der Waals surface area contributed by atoms with Crippen LogP contribution in [0.1, 0.15) is 35.6 Å². The van der Waals surface area contributed by atoms with Crippen molar-refractivity contribution in [3.05, 3.63) is 40.7 Å². The first-order valence-corrected chi connectivity index (χ1v) is 9.34. The average molecular weight is 364 g/mol. The number of carbonyl (C=O) groups excluding carboxylic acids is 2. The van der Waals surface area contributed by atoms with Crippen LogP contribution in [0.25, 0.3) is 0 Å². The van der Waals surface area contributed by atoms with E-state index in [4.69, 9.17) is 0 Å². The van der Waals surface area contributed by atoms with Crippen molar-refractivity contribution < 1.29 is 14.0 Å². The van der Waals surface area contributed by atoms with Crippen LogP contribution < -0.4 is 5.32 Å². The highest BCUT2D eigenvalue weighted by Gasteiger charge is 2.34. The number of Topliss-reactive ketones (excluding diaryl/α,β-unsaturated/α-hetero) is 1. The van der Waals surface area contributed by atoms with Crippen LogP contribution in [-0.2, 0) is 11.2 Å². The van der Waals surface area contributed by atoms with Gasteiger partial charge in [-0.1, -0.05) is 25.2 Å². The van der Waals surface area contributed by atoms with Crippen molar-refractivity contribution in [1.82, 2.24) is 4.98 Å². The summed E-state index contributed by atoms with van der Waals surface area (Å²) in [5, 5.41) is 3.22. The molecule has 0 radical (unpaired) electrons. The lowest BCUT2D eigenvalue weighted by atomic mass is 9.78. The predicted octanol–water partition coefficient (Wildman–Crippen LogP) is 4.17. The smallest absolute Gasteiger partial charge is 0.236 e. The van der Waals surface area contributed by atoms with E-state index in [1.807, 2.05) is 13.8 Å². The molecule has 7 heteroatoms. The molecule has 0 bridgehead atoms. The van der Waals surface area contributed by atoms with Gasteiger partial charge in [-0.2, -0.15) is 0 Å². The van der Waals surface area contributed by atoms with Crippen molar-refractivity contribution in [2.75, 3.05) is 11.1 Å². The van der Waals surface area contributed by atoms with E-state index in [1.165, 1.54) is 35.2 Å². The number of hydrogen-bond acceptors (Lipinski definition) is 5. The van der Waals surface area contributed by atoms with Gasteiger partial charge in [0.1, 0.15) is 5.82 Å². The first-order chi connectivity index (χ1) is 11.3. The molecule has 2 aromatic rings. The van der Waals surface area contributed by atoms with Gasteiger partial charge in [0, 0.05) is 11.3 Å². The first-order valence-electron chi connectivity index (χ1n) is 7.53. The second-order valence-electron chi connectivity index (χ2n) is 6.53. The van der Waals surface area contributed by atoms with Gasteiger partial charge < -0.3 is 5.32 Å². The zero-order chi connectivity index (χ0) is 17.3. The maximum absolute atomic E-state index is 12.8. The molecule has 1 aromatic heterocycles. The summed E-state index contributed by atoms with van der Waals surface area (Å²) in [6.45, 7) is 4.09. The molecule has 0 saturated carbocycles. The van der Waals surface area contributed by atoms with Crippen LogP contribution in [0.4, 0.5) is 9.52 Å². The lowest BCUT2D eigenvalue weighted by Gasteiger charge is -2.26. The largest absolute Gasteiger partial charge is 0.301 e. The molecule has 0 atom stereocenters. The molecule has 0 saturated heterocycles. The number of thiazole rings is 1. The molecule has 126 valence electrons. The normalized spacial score (nSPS) is 15.9. The third-order valence-electron chi connectivity index (χ3n) is 3.67. The lowest BCUT2D eigenvalue weighted by Crippen LogP contribution is -2.26. The zero-order valence-corrected chi connectivity index (χ0v) is 15.0. The summed E-state index contributed by atoms with van der Waals surface area (Å²) in [5.74, 6) is -0.193. The Bertz CT molecular complexity index is 784. The van der Waals surface area contributed by atoms with Crippen molar-refractivity contribution >= 4 is 39.9 Å². The fourth-order valence-electron chi connectivity index (χ4n) is 2.61. The summed E-state index contributed by atoms with van der Waals surface area (Å²) in [6, 6.07) is 6.00. The molecule has 0 fully saturated rings. The number of nitrogens with zero attached hydrogens (tertiary/aromatic N) is 1. The van der Waals surface area contributed by atoms with Gasteiger partial charge in [-0.3, -0.25) is 9.59 Å². The van der Waals surface area contributed by atoms with Gasteiger partial charge in [0.15, 0.2) is 10.9 Å². The number of benzene rings is 1. The second kappa shape index (κ2) is 6.64. The topological polar surface area (TPSA) is 59.1 Å². The molecular formula is C17H17FN2O2S2. The van der Waals surface area contributed by atoms with E-state index in [0.29, 0.717) is 16.4 Å². The Morgan fingerprint density at radius 1 is 1.33 bits per heavy atom. The monoisotopic (exact) mass is 364 g/mol. The third-order valence-corrected chi connectivity index (χ3v) is 5.73. The Hall–Kier alpha value is -1.73. The number of carbonyl (C=O) groups is 2. The van der Waals surface area contributed by atoms with Crippen LogP contribution in [0, 0.1) is 11.2 Å². The van der Waals surface area contributed by atoms with E-state index in [0.717, 1.165) is 17.0 Å². The summed E-state index contributed by atoms with van der Waals surface area (Å²) < 4.78 is 12.8. The summed E-state index contributed by atoms with van der Waals surface area (Å²) in [6.07, 6.45) is 1.25. The molecule has 1 heterocycles. The maximum atomic E-state index is 12.8. The molecule has 0 spiro atoms. The number of thioether (sulfide) groups is 1. The second-order valence-corrected chi connectivity index (χ2v) is 8.57. The van der Waals surface area contributed by atoms with Crippen LogP contribution >= 0.6 is 23.1 Å². The Balaban J connectivity index is 1.61. The van der Waals surface area contributed by atoms with E-state index in [1.54, 1.807) is 12.1 Å². The van der Waals surface area contributed by atoms with Crippen LogP contribution in [0.3, 0.4) is 0 Å². The molecule has 1 aliphatic rings. The SMILES string of the molecule is CC1(C)CC(=O)c2sc(NC(=O)CSc3ccc(F)cc3)nc2C1. The number of nitrogens with one attached hydrogen (secondary N) is 1. The molecule has 1 N–H and O–H groups in total. The highest BCUT2D eigenvalue weighted by molar-refractivity contribution is 8.00. The molecule has 0 unspecified atom stereocenters. The number of amides is 1. The van der Waals surface area contributed by atoms with Crippen molar-refractivity contribution in [1.29, 1.82) is 0 Å². The quantitative estimate of drug-likeness (QED) is 0.827. The highest BCUT2D eigenvalue weighted by atomic mass is 32.2. The minimum atomic E-state index is -0.301. The molecule has 4 nitrogen and oxygen atoms in total. The summed E-state index contributed by atoms with van der Waals surface area (Å²) >= 11 is 2.57. The van der Waals surface area contributed by atoms with Crippen LogP contribution in [0.5, 0.6) is 0 Å². The minimum Gasteiger partial charge on any atom is -0.301 e. The Morgan fingerprint density at radius 2 is 2.04 bits per heavy atom. The number of aromatic nitrogens is 1. The maximum Gasteiger partial charge on any atom is 0.236 e. The number of halogens is 1. The molecular weight excluding hydrogens is 347 g/mol. The van der Waals surface area contributed by atoms with E-state index in [2.05, 4.69) is 10.3 Å². The van der Waals surface area contributed by atoms with E-state index >= 15 is 0 Å². The van der Waals surface area contributed by atoms with Crippen molar-refractivity contribution in [3.63, 3.8) is 0 Å². The van der Waals surface area contributed by atoms with Crippen molar-refractivity contribution in [2.24, 2.45) is 5.41 Å². The summed E-state index contributed by atoms with van der Waals surface area (Å²) in [5.41, 5.74) is 0.695. The Kier molecular flexibility index (Phi) is 4.73. The Labute approximate surface area is 147 Å². The van der Waals surface area contributed by atoms with E-state index in [-0.39, 0.29) is 28.7 Å². The van der Waals surface area contributed by atoms with Gasteiger partial charge in [0.2, 0.25) is 5.91 Å². The Morgan fingerprint density at radius 3 is 2.75 bits per heavy atom. The van der Waals surface area contributed by atoms with E-state index in [9.17, 15) is 14.0 Å².